The molecule has 0 fully saturated rings. The molecule has 1 heterocycles. The first-order valence-electron chi connectivity index (χ1n) is 11.8. The largest absolute Gasteiger partial charge is 0.380 e. The summed E-state index contributed by atoms with van der Waals surface area (Å²) >= 11 is 0. The van der Waals surface area contributed by atoms with Crippen LogP contribution in [0, 0.1) is 0 Å². The van der Waals surface area contributed by atoms with Gasteiger partial charge < -0.3 is 9.67 Å². The van der Waals surface area contributed by atoms with E-state index < -0.39 is 5.60 Å². The molecular weight excluding hydrogens is 416 g/mol. The predicted molar refractivity (Wildman–Crippen MR) is 142 cm³/mol. The zero-order valence-corrected chi connectivity index (χ0v) is 19.1. The Morgan fingerprint density at radius 2 is 1.47 bits per heavy atom. The maximum atomic E-state index is 11.9. The van der Waals surface area contributed by atoms with Crippen LogP contribution in [0.1, 0.15) is 24.5 Å². The number of nitrogens with zero attached hydrogens (tertiary/aromatic N) is 2. The van der Waals surface area contributed by atoms with Gasteiger partial charge in [0.2, 0.25) is 0 Å². The van der Waals surface area contributed by atoms with Crippen LogP contribution in [-0.2, 0) is 12.1 Å². The average Bonchev–Trinajstić information content (AvgIpc) is 3.40. The number of allylic oxidation sites excluding steroid dienone is 1. The normalized spacial score (nSPS) is 19.2. The van der Waals surface area contributed by atoms with Gasteiger partial charge in [-0.3, -0.25) is 4.99 Å². The topological polar surface area (TPSA) is 37.5 Å². The van der Waals surface area contributed by atoms with Crippen LogP contribution in [0.4, 0.5) is 5.69 Å². The highest BCUT2D eigenvalue weighted by Crippen LogP contribution is 2.44. The number of aliphatic hydroxyl groups is 1. The Morgan fingerprint density at radius 3 is 2.24 bits per heavy atom. The Hall–Kier alpha value is -3.95. The summed E-state index contributed by atoms with van der Waals surface area (Å²) < 4.78 is 2.35. The highest BCUT2D eigenvalue weighted by atomic mass is 16.3. The van der Waals surface area contributed by atoms with Gasteiger partial charge in [-0.05, 0) is 54.0 Å². The second-order valence-corrected chi connectivity index (χ2v) is 8.89. The first-order chi connectivity index (χ1) is 16.7. The molecule has 3 nitrogen and oxygen atoms in total. The molecule has 0 spiro atoms. The molecule has 0 amide bonds. The predicted octanol–water partition coefficient (Wildman–Crippen LogP) is 7.26. The minimum atomic E-state index is -1.11. The zero-order chi connectivity index (χ0) is 23.1. The number of hydrogen-bond acceptors (Lipinski definition) is 2. The fraction of sp³-hybridized carbons (Fsp3) is 0.129. The number of aliphatic imine (C=N–C) groups is 1. The summed E-state index contributed by atoms with van der Waals surface area (Å²) in [6.07, 6.45) is 2.50. The van der Waals surface area contributed by atoms with Crippen LogP contribution in [0.15, 0.2) is 114 Å². The van der Waals surface area contributed by atoms with Crippen molar-refractivity contribution in [2.24, 2.45) is 4.99 Å². The van der Waals surface area contributed by atoms with Crippen molar-refractivity contribution in [3.63, 3.8) is 0 Å². The summed E-state index contributed by atoms with van der Waals surface area (Å²) in [5, 5.41) is 14.4. The van der Waals surface area contributed by atoms with E-state index in [9.17, 15) is 5.11 Å². The van der Waals surface area contributed by atoms with Crippen molar-refractivity contribution in [3.05, 3.63) is 120 Å². The van der Waals surface area contributed by atoms with Crippen molar-refractivity contribution in [2.45, 2.75) is 25.5 Å². The molecule has 1 aliphatic rings. The third-order valence-electron chi connectivity index (χ3n) is 6.87. The smallest absolute Gasteiger partial charge is 0.121 e. The Labute approximate surface area is 199 Å². The van der Waals surface area contributed by atoms with Gasteiger partial charge in [0.15, 0.2) is 0 Å². The monoisotopic (exact) mass is 442 g/mol. The molecule has 166 valence electrons. The Morgan fingerprint density at radius 1 is 0.794 bits per heavy atom. The molecule has 0 saturated heterocycles. The molecule has 1 aliphatic carbocycles. The molecule has 1 N–H and O–H groups in total. The lowest BCUT2D eigenvalue weighted by atomic mass is 9.84. The number of fused-ring (bicyclic) bond motifs is 3. The molecule has 0 unspecified atom stereocenters. The summed E-state index contributed by atoms with van der Waals surface area (Å²) in [5.41, 5.74) is 5.94. The summed E-state index contributed by atoms with van der Waals surface area (Å²) in [6, 6.07) is 35.0. The Balaban J connectivity index is 1.48. The fourth-order valence-corrected chi connectivity index (χ4v) is 5.30. The van der Waals surface area contributed by atoms with Gasteiger partial charge in [0.25, 0.3) is 0 Å². The number of para-hydroxylation sites is 1. The third kappa shape index (κ3) is 3.28. The van der Waals surface area contributed by atoms with Gasteiger partial charge in [-0.15, -0.1) is 0 Å². The molecule has 0 radical (unpaired) electrons. The van der Waals surface area contributed by atoms with E-state index in [1.165, 1.54) is 21.8 Å². The molecule has 5 aromatic rings. The number of aryl methyl sites for hydroxylation is 1. The minimum Gasteiger partial charge on any atom is -0.380 e. The van der Waals surface area contributed by atoms with E-state index in [1.807, 2.05) is 60.7 Å². The van der Waals surface area contributed by atoms with Crippen LogP contribution < -0.4 is 0 Å². The van der Waals surface area contributed by atoms with Crippen LogP contribution in [0.25, 0.3) is 27.4 Å². The van der Waals surface area contributed by atoms with E-state index in [2.05, 4.69) is 60.0 Å². The molecule has 4 aromatic carbocycles. The second-order valence-electron chi connectivity index (χ2n) is 8.89. The van der Waals surface area contributed by atoms with E-state index in [4.69, 9.17) is 4.99 Å². The standard InChI is InChI=1S/C31H26N2O/c1-2-33-29-16-10-9-15-26(29)27-19-24(17-18-30(27)33)32-25-20-28(22-11-5-3-6-12-22)31(34,21-25)23-13-7-4-8-14-23/h3-20,34H,2,21H2,1H3/t31-/m0/s1. The number of benzene rings is 4. The summed E-state index contributed by atoms with van der Waals surface area (Å²) in [5.74, 6) is 0. The van der Waals surface area contributed by atoms with E-state index in [0.717, 1.165) is 34.6 Å². The lowest BCUT2D eigenvalue weighted by Crippen LogP contribution is -2.25. The first-order valence-corrected chi connectivity index (χ1v) is 11.8. The van der Waals surface area contributed by atoms with Gasteiger partial charge in [0.1, 0.15) is 5.60 Å². The maximum absolute atomic E-state index is 11.9. The Kier molecular flexibility index (Phi) is 4.93. The summed E-state index contributed by atoms with van der Waals surface area (Å²) in [7, 11) is 0. The average molecular weight is 443 g/mol. The van der Waals surface area contributed by atoms with E-state index >= 15 is 0 Å². The number of hydrogen-bond donors (Lipinski definition) is 1. The highest BCUT2D eigenvalue weighted by Gasteiger charge is 2.40. The van der Waals surface area contributed by atoms with E-state index in [-0.39, 0.29) is 0 Å². The highest BCUT2D eigenvalue weighted by molar-refractivity contribution is 6.11. The molecular formula is C31H26N2O. The van der Waals surface area contributed by atoms with Crippen LogP contribution in [0.2, 0.25) is 0 Å². The van der Waals surface area contributed by atoms with Gasteiger partial charge in [-0.25, -0.2) is 0 Å². The first kappa shape index (κ1) is 20.6. The van der Waals surface area contributed by atoms with Crippen molar-refractivity contribution in [1.82, 2.24) is 4.57 Å². The fourth-order valence-electron chi connectivity index (χ4n) is 5.30. The van der Waals surface area contributed by atoms with Crippen molar-refractivity contribution in [1.29, 1.82) is 0 Å². The van der Waals surface area contributed by atoms with Gasteiger partial charge in [0, 0.05) is 40.5 Å². The molecule has 0 aliphatic heterocycles. The second kappa shape index (κ2) is 8.12. The van der Waals surface area contributed by atoms with Crippen LogP contribution in [0.5, 0.6) is 0 Å². The molecule has 1 atom stereocenters. The number of rotatable bonds is 4. The van der Waals surface area contributed by atoms with Crippen molar-refractivity contribution >= 4 is 38.8 Å². The molecule has 6 rings (SSSR count). The maximum Gasteiger partial charge on any atom is 0.121 e. The minimum absolute atomic E-state index is 0.440. The van der Waals surface area contributed by atoms with Gasteiger partial charge in [-0.1, -0.05) is 78.9 Å². The number of aromatic nitrogens is 1. The van der Waals surface area contributed by atoms with Crippen molar-refractivity contribution in [2.75, 3.05) is 0 Å². The van der Waals surface area contributed by atoms with E-state index in [0.29, 0.717) is 6.42 Å². The zero-order valence-electron chi connectivity index (χ0n) is 19.1. The van der Waals surface area contributed by atoms with Crippen LogP contribution >= 0.6 is 0 Å². The molecule has 0 saturated carbocycles. The lowest BCUT2D eigenvalue weighted by molar-refractivity contribution is 0.113. The molecule has 1 aromatic heterocycles. The van der Waals surface area contributed by atoms with Gasteiger partial charge in [-0.2, -0.15) is 0 Å². The van der Waals surface area contributed by atoms with Gasteiger partial charge >= 0.3 is 0 Å². The van der Waals surface area contributed by atoms with Crippen molar-refractivity contribution in [3.8, 4) is 0 Å². The molecule has 34 heavy (non-hydrogen) atoms. The summed E-state index contributed by atoms with van der Waals surface area (Å²) in [6.45, 7) is 3.10. The molecule has 0 bridgehead atoms. The third-order valence-corrected chi connectivity index (χ3v) is 6.87. The summed E-state index contributed by atoms with van der Waals surface area (Å²) in [4.78, 5) is 5.02. The van der Waals surface area contributed by atoms with Crippen LogP contribution in [-0.4, -0.2) is 15.4 Å². The SMILES string of the molecule is CCn1c2ccccc2c2cc(N=C3C=C(c4ccccc4)[C@@](O)(c4ccccc4)C3)ccc21. The Bertz CT molecular complexity index is 1560. The lowest BCUT2D eigenvalue weighted by Gasteiger charge is -2.27. The quantitative estimate of drug-likeness (QED) is 0.312. The van der Waals surface area contributed by atoms with E-state index in [1.54, 1.807) is 0 Å². The van der Waals surface area contributed by atoms with Gasteiger partial charge in [0.05, 0.1) is 5.69 Å². The van der Waals surface area contributed by atoms with Crippen molar-refractivity contribution < 1.29 is 5.11 Å². The van der Waals surface area contributed by atoms with Crippen LogP contribution in [0.3, 0.4) is 0 Å². The molecule has 3 heteroatoms.